The van der Waals surface area contributed by atoms with Crippen molar-refractivity contribution < 1.29 is 0 Å². The number of benzene rings is 1. The number of aryl methyl sites for hydroxylation is 2. The van der Waals surface area contributed by atoms with E-state index in [9.17, 15) is 0 Å². The van der Waals surface area contributed by atoms with Crippen LogP contribution in [0.5, 0.6) is 0 Å². The van der Waals surface area contributed by atoms with E-state index >= 15 is 0 Å². The third kappa shape index (κ3) is 2.51. The summed E-state index contributed by atoms with van der Waals surface area (Å²) in [6.07, 6.45) is 3.70. The van der Waals surface area contributed by atoms with Gasteiger partial charge in [0, 0.05) is 12.4 Å². The first-order chi connectivity index (χ1) is 8.22. The van der Waals surface area contributed by atoms with E-state index in [1.807, 2.05) is 10.8 Å². The number of rotatable bonds is 3. The Morgan fingerprint density at radius 3 is 3.00 bits per heavy atom. The highest BCUT2D eigenvalue weighted by Crippen LogP contribution is 2.23. The summed E-state index contributed by atoms with van der Waals surface area (Å²) < 4.78 is 2.03. The zero-order valence-corrected chi connectivity index (χ0v) is 10.7. The second-order valence-electron chi connectivity index (χ2n) is 3.82. The molecule has 0 saturated heterocycles. The summed E-state index contributed by atoms with van der Waals surface area (Å²) in [5, 5.41) is 9.48. The molecular formula is C13H13N3S. The molecule has 2 aromatic rings. The lowest BCUT2D eigenvalue weighted by atomic mass is 10.1. The van der Waals surface area contributed by atoms with Gasteiger partial charge in [0.15, 0.2) is 5.16 Å². The van der Waals surface area contributed by atoms with Gasteiger partial charge >= 0.3 is 0 Å². The number of imidazole rings is 1. The van der Waals surface area contributed by atoms with Crippen LogP contribution in [0.3, 0.4) is 0 Å². The fourth-order valence-corrected chi connectivity index (χ4v) is 2.28. The summed E-state index contributed by atoms with van der Waals surface area (Å²) in [5.41, 5.74) is 3.55. The zero-order chi connectivity index (χ0) is 12.3. The molecular weight excluding hydrogens is 230 g/mol. The van der Waals surface area contributed by atoms with E-state index in [2.05, 4.69) is 43.1 Å². The molecule has 0 fully saturated rings. The van der Waals surface area contributed by atoms with E-state index in [-0.39, 0.29) is 0 Å². The van der Waals surface area contributed by atoms with Crippen LogP contribution in [0.15, 0.2) is 35.7 Å². The average Bonchev–Trinajstić information content (AvgIpc) is 2.77. The molecule has 0 aliphatic carbocycles. The first kappa shape index (κ1) is 11.7. The van der Waals surface area contributed by atoms with Crippen LogP contribution in [0, 0.1) is 25.2 Å². The van der Waals surface area contributed by atoms with Gasteiger partial charge in [-0.2, -0.15) is 5.26 Å². The van der Waals surface area contributed by atoms with Crippen LogP contribution < -0.4 is 0 Å². The number of aromatic nitrogens is 2. The number of thioether (sulfide) groups is 1. The van der Waals surface area contributed by atoms with Crippen molar-refractivity contribution in [2.24, 2.45) is 0 Å². The van der Waals surface area contributed by atoms with Gasteiger partial charge in [-0.1, -0.05) is 23.9 Å². The van der Waals surface area contributed by atoms with Gasteiger partial charge < -0.3 is 0 Å². The Balaban J connectivity index is 2.43. The Kier molecular flexibility index (Phi) is 3.50. The molecule has 2 rings (SSSR count). The number of nitrogens with zero attached hydrogens (tertiary/aromatic N) is 3. The normalized spacial score (nSPS) is 10.2. The van der Waals surface area contributed by atoms with Crippen molar-refractivity contribution in [3.63, 3.8) is 0 Å². The van der Waals surface area contributed by atoms with Gasteiger partial charge in [-0.3, -0.25) is 4.57 Å². The van der Waals surface area contributed by atoms with Crippen LogP contribution in [0.25, 0.3) is 5.69 Å². The number of hydrogen-bond donors (Lipinski definition) is 0. The molecule has 0 spiro atoms. The lowest BCUT2D eigenvalue weighted by Crippen LogP contribution is -1.98. The first-order valence-electron chi connectivity index (χ1n) is 5.33. The van der Waals surface area contributed by atoms with Crippen LogP contribution in [0.2, 0.25) is 0 Å². The highest BCUT2D eigenvalue weighted by molar-refractivity contribution is 7.99. The summed E-state index contributed by atoms with van der Waals surface area (Å²) in [6.45, 7) is 4.15. The lowest BCUT2D eigenvalue weighted by Gasteiger charge is -2.10. The minimum Gasteiger partial charge on any atom is -0.295 e. The smallest absolute Gasteiger partial charge is 0.173 e. The minimum atomic E-state index is 0.419. The highest BCUT2D eigenvalue weighted by atomic mass is 32.2. The predicted octanol–water partition coefficient (Wildman–Crippen LogP) is 3.10. The molecule has 0 saturated carbocycles. The summed E-state index contributed by atoms with van der Waals surface area (Å²) in [4.78, 5) is 4.28. The molecule has 0 aliphatic rings. The maximum atomic E-state index is 8.62. The van der Waals surface area contributed by atoms with Crippen molar-refractivity contribution in [1.29, 1.82) is 5.26 Å². The molecule has 3 nitrogen and oxygen atoms in total. The second-order valence-corrected chi connectivity index (χ2v) is 4.76. The predicted molar refractivity (Wildman–Crippen MR) is 69.4 cm³/mol. The fourth-order valence-electron chi connectivity index (χ4n) is 1.66. The van der Waals surface area contributed by atoms with E-state index in [1.165, 1.54) is 22.9 Å². The first-order valence-corrected chi connectivity index (χ1v) is 6.31. The van der Waals surface area contributed by atoms with Gasteiger partial charge in [-0.05, 0) is 31.0 Å². The van der Waals surface area contributed by atoms with Crippen LogP contribution in [-0.2, 0) is 0 Å². The Morgan fingerprint density at radius 2 is 2.24 bits per heavy atom. The number of hydrogen-bond acceptors (Lipinski definition) is 3. The van der Waals surface area contributed by atoms with Crippen LogP contribution >= 0.6 is 11.8 Å². The van der Waals surface area contributed by atoms with Gasteiger partial charge in [0.2, 0.25) is 0 Å². The van der Waals surface area contributed by atoms with E-state index in [1.54, 1.807) is 6.20 Å². The Labute approximate surface area is 105 Å². The maximum absolute atomic E-state index is 8.62. The lowest BCUT2D eigenvalue weighted by molar-refractivity contribution is 0.888. The van der Waals surface area contributed by atoms with E-state index in [4.69, 9.17) is 5.26 Å². The fraction of sp³-hybridized carbons (Fsp3) is 0.231. The Hall–Kier alpha value is -1.73. The summed E-state index contributed by atoms with van der Waals surface area (Å²) >= 11 is 1.45. The quantitative estimate of drug-likeness (QED) is 0.778. The second kappa shape index (κ2) is 5.07. The molecule has 0 atom stereocenters. The molecule has 4 heteroatoms. The maximum Gasteiger partial charge on any atom is 0.173 e. The summed E-state index contributed by atoms with van der Waals surface area (Å²) in [5.74, 6) is 0.419. The number of nitriles is 1. The van der Waals surface area contributed by atoms with Gasteiger partial charge in [0.1, 0.15) is 0 Å². The van der Waals surface area contributed by atoms with Gasteiger partial charge in [0.05, 0.1) is 17.5 Å². The Morgan fingerprint density at radius 1 is 1.41 bits per heavy atom. The van der Waals surface area contributed by atoms with Gasteiger partial charge in [0.25, 0.3) is 0 Å². The molecule has 0 amide bonds. The van der Waals surface area contributed by atoms with Crippen LogP contribution in [0.4, 0.5) is 0 Å². The standard InChI is InChI=1S/C13H13N3S/c1-10-3-4-11(2)12(9-10)16-7-6-15-13(16)17-8-5-14/h3-4,6-7,9H,8H2,1-2H3. The van der Waals surface area contributed by atoms with Crippen molar-refractivity contribution in [3.8, 4) is 11.8 Å². The molecule has 0 aliphatic heterocycles. The van der Waals surface area contributed by atoms with Crippen molar-refractivity contribution in [2.45, 2.75) is 19.0 Å². The van der Waals surface area contributed by atoms with Crippen LogP contribution in [0.1, 0.15) is 11.1 Å². The van der Waals surface area contributed by atoms with Gasteiger partial charge in [-0.15, -0.1) is 0 Å². The minimum absolute atomic E-state index is 0.419. The van der Waals surface area contributed by atoms with Crippen molar-refractivity contribution in [2.75, 3.05) is 5.75 Å². The largest absolute Gasteiger partial charge is 0.295 e. The zero-order valence-electron chi connectivity index (χ0n) is 9.84. The molecule has 17 heavy (non-hydrogen) atoms. The highest BCUT2D eigenvalue weighted by Gasteiger charge is 2.07. The molecule has 0 N–H and O–H groups in total. The SMILES string of the molecule is Cc1ccc(C)c(-n2ccnc2SCC#N)c1. The molecule has 1 aromatic heterocycles. The van der Waals surface area contributed by atoms with Crippen LogP contribution in [-0.4, -0.2) is 15.3 Å². The molecule has 86 valence electrons. The van der Waals surface area contributed by atoms with E-state index < -0.39 is 0 Å². The monoisotopic (exact) mass is 243 g/mol. The van der Waals surface area contributed by atoms with E-state index in [0.717, 1.165) is 10.8 Å². The molecule has 1 heterocycles. The molecule has 0 unspecified atom stereocenters. The molecule has 1 aromatic carbocycles. The Bertz CT molecular complexity index is 566. The van der Waals surface area contributed by atoms with Crippen molar-refractivity contribution in [3.05, 3.63) is 41.7 Å². The van der Waals surface area contributed by atoms with Crippen molar-refractivity contribution >= 4 is 11.8 Å². The average molecular weight is 243 g/mol. The molecule has 0 radical (unpaired) electrons. The third-order valence-corrected chi connectivity index (χ3v) is 3.33. The van der Waals surface area contributed by atoms with Crippen molar-refractivity contribution in [1.82, 2.24) is 9.55 Å². The topological polar surface area (TPSA) is 41.6 Å². The third-order valence-electron chi connectivity index (χ3n) is 2.50. The van der Waals surface area contributed by atoms with Gasteiger partial charge in [-0.25, -0.2) is 4.98 Å². The molecule has 0 bridgehead atoms. The van der Waals surface area contributed by atoms with E-state index in [0.29, 0.717) is 5.75 Å². The summed E-state index contributed by atoms with van der Waals surface area (Å²) in [6, 6.07) is 8.45. The summed E-state index contributed by atoms with van der Waals surface area (Å²) in [7, 11) is 0.